The van der Waals surface area contributed by atoms with Crippen molar-refractivity contribution >= 4 is 23.2 Å². The van der Waals surface area contributed by atoms with E-state index in [1.165, 1.54) is 0 Å². The first-order valence-electron chi connectivity index (χ1n) is 6.36. The van der Waals surface area contributed by atoms with Crippen molar-refractivity contribution < 1.29 is 9.47 Å². The third-order valence-corrected chi connectivity index (χ3v) is 3.16. The zero-order valence-corrected chi connectivity index (χ0v) is 13.1. The highest BCUT2D eigenvalue weighted by molar-refractivity contribution is 6.35. The molecule has 0 aliphatic heterocycles. The van der Waals surface area contributed by atoms with Gasteiger partial charge in [-0.15, -0.1) is 0 Å². The van der Waals surface area contributed by atoms with Gasteiger partial charge in [-0.3, -0.25) is 0 Å². The lowest BCUT2D eigenvalue weighted by atomic mass is 10.2. The maximum absolute atomic E-state index is 8.99. The number of methoxy groups -OCH3 is 1. The van der Waals surface area contributed by atoms with E-state index in [1.807, 2.05) is 6.92 Å². The monoisotopic (exact) mass is 316 g/mol. The molecule has 0 spiro atoms. The van der Waals surface area contributed by atoms with Crippen molar-refractivity contribution in [3.05, 3.63) is 27.7 Å². The van der Waals surface area contributed by atoms with E-state index >= 15 is 0 Å². The van der Waals surface area contributed by atoms with Gasteiger partial charge in [0.25, 0.3) is 0 Å². The number of hydrogen-bond donors (Lipinski definition) is 1. The summed E-state index contributed by atoms with van der Waals surface area (Å²) in [5.41, 5.74) is 0.826. The van der Waals surface area contributed by atoms with E-state index in [4.69, 9.17) is 37.9 Å². The first-order valence-corrected chi connectivity index (χ1v) is 7.11. The van der Waals surface area contributed by atoms with Crippen LogP contribution in [0.2, 0.25) is 10.0 Å². The predicted octanol–water partition coefficient (Wildman–Crippen LogP) is 3.41. The highest BCUT2D eigenvalue weighted by Crippen LogP contribution is 2.33. The maximum Gasteiger partial charge on any atom is 0.184 e. The Balaban J connectivity index is 2.87. The number of nitriles is 1. The third-order valence-electron chi connectivity index (χ3n) is 2.66. The Morgan fingerprint density at radius 2 is 2.15 bits per heavy atom. The van der Waals surface area contributed by atoms with Gasteiger partial charge in [0.1, 0.15) is 11.8 Å². The van der Waals surface area contributed by atoms with Crippen LogP contribution in [-0.4, -0.2) is 26.4 Å². The molecule has 1 aromatic carbocycles. The van der Waals surface area contributed by atoms with Crippen LogP contribution in [0.15, 0.2) is 12.1 Å². The van der Waals surface area contributed by atoms with E-state index < -0.39 is 6.10 Å². The molecule has 110 valence electrons. The average Bonchev–Trinajstić information content (AvgIpc) is 2.43. The summed E-state index contributed by atoms with van der Waals surface area (Å²) in [5, 5.41) is 13.1. The molecule has 0 saturated heterocycles. The van der Waals surface area contributed by atoms with Crippen LogP contribution in [-0.2, 0) is 11.3 Å². The lowest BCUT2D eigenvalue weighted by Gasteiger charge is -2.17. The van der Waals surface area contributed by atoms with Crippen molar-refractivity contribution in [3.8, 4) is 11.8 Å². The number of benzene rings is 1. The Morgan fingerprint density at radius 3 is 2.75 bits per heavy atom. The van der Waals surface area contributed by atoms with Gasteiger partial charge in [-0.1, -0.05) is 30.1 Å². The van der Waals surface area contributed by atoms with Crippen molar-refractivity contribution in [2.45, 2.75) is 26.0 Å². The summed E-state index contributed by atoms with van der Waals surface area (Å²) in [6.45, 7) is 3.74. The lowest BCUT2D eigenvalue weighted by molar-refractivity contribution is 0.198. The molecule has 1 atom stereocenters. The zero-order valence-electron chi connectivity index (χ0n) is 11.6. The van der Waals surface area contributed by atoms with Gasteiger partial charge in [0.15, 0.2) is 6.10 Å². The summed E-state index contributed by atoms with van der Waals surface area (Å²) >= 11 is 12.2. The Kier molecular flexibility index (Phi) is 7.71. The largest absolute Gasteiger partial charge is 0.474 e. The van der Waals surface area contributed by atoms with Crippen LogP contribution in [0.1, 0.15) is 18.9 Å². The standard InChI is InChI=1S/C14H18Cl2N2O2/c1-3-12(8-17)20-14-10(9-18-4-5-19-2)6-11(15)7-13(14)16/h6-7,12,18H,3-5,9H2,1-2H3. The fraction of sp³-hybridized carbons (Fsp3) is 0.500. The van der Waals surface area contributed by atoms with Gasteiger partial charge in [-0.05, 0) is 18.6 Å². The van der Waals surface area contributed by atoms with E-state index in [0.717, 1.165) is 5.56 Å². The molecule has 0 aliphatic carbocycles. The van der Waals surface area contributed by atoms with Crippen LogP contribution >= 0.6 is 23.2 Å². The van der Waals surface area contributed by atoms with Crippen LogP contribution in [0, 0.1) is 11.3 Å². The molecular weight excluding hydrogens is 299 g/mol. The number of halogens is 2. The maximum atomic E-state index is 8.99. The second kappa shape index (κ2) is 9.04. The van der Waals surface area contributed by atoms with Crippen LogP contribution < -0.4 is 10.1 Å². The fourth-order valence-corrected chi connectivity index (χ4v) is 2.20. The molecule has 1 unspecified atom stereocenters. The Morgan fingerprint density at radius 1 is 1.40 bits per heavy atom. The van der Waals surface area contributed by atoms with Crippen molar-refractivity contribution in [2.24, 2.45) is 0 Å². The molecule has 0 bridgehead atoms. The van der Waals surface area contributed by atoms with Gasteiger partial charge in [-0.25, -0.2) is 0 Å². The third kappa shape index (κ3) is 5.18. The molecule has 0 aliphatic rings. The summed E-state index contributed by atoms with van der Waals surface area (Å²) in [6, 6.07) is 5.49. The van der Waals surface area contributed by atoms with E-state index in [9.17, 15) is 0 Å². The van der Waals surface area contributed by atoms with Crippen molar-refractivity contribution in [1.29, 1.82) is 5.26 Å². The first kappa shape index (κ1) is 17.1. The second-order valence-corrected chi connectivity index (χ2v) is 5.03. The summed E-state index contributed by atoms with van der Waals surface area (Å²) in [7, 11) is 1.64. The number of ether oxygens (including phenoxy) is 2. The molecule has 1 N–H and O–H groups in total. The van der Waals surface area contributed by atoms with E-state index in [1.54, 1.807) is 19.2 Å². The Bertz CT molecular complexity index is 475. The minimum Gasteiger partial charge on any atom is -0.474 e. The molecule has 0 amide bonds. The van der Waals surface area contributed by atoms with E-state index in [2.05, 4.69) is 11.4 Å². The molecule has 1 aromatic rings. The molecule has 0 radical (unpaired) electrons. The van der Waals surface area contributed by atoms with Crippen LogP contribution in [0.25, 0.3) is 0 Å². The van der Waals surface area contributed by atoms with Crippen LogP contribution in [0.5, 0.6) is 5.75 Å². The summed E-state index contributed by atoms with van der Waals surface area (Å²) < 4.78 is 10.6. The summed E-state index contributed by atoms with van der Waals surface area (Å²) in [6.07, 6.45) is 0.0674. The molecule has 0 saturated carbocycles. The van der Waals surface area contributed by atoms with Gasteiger partial charge in [-0.2, -0.15) is 5.26 Å². The number of nitrogens with one attached hydrogen (secondary N) is 1. The fourth-order valence-electron chi connectivity index (χ4n) is 1.62. The molecule has 1 rings (SSSR count). The van der Waals surface area contributed by atoms with Crippen molar-refractivity contribution in [3.63, 3.8) is 0 Å². The van der Waals surface area contributed by atoms with Gasteiger partial charge >= 0.3 is 0 Å². The second-order valence-electron chi connectivity index (χ2n) is 4.19. The Labute approximate surface area is 129 Å². The van der Waals surface area contributed by atoms with Crippen LogP contribution in [0.4, 0.5) is 0 Å². The molecule has 0 heterocycles. The number of nitrogens with zero attached hydrogens (tertiary/aromatic N) is 1. The van der Waals surface area contributed by atoms with Crippen molar-refractivity contribution in [2.75, 3.05) is 20.3 Å². The normalized spacial score (nSPS) is 11.9. The number of rotatable bonds is 8. The summed E-state index contributed by atoms with van der Waals surface area (Å²) in [4.78, 5) is 0. The highest BCUT2D eigenvalue weighted by Gasteiger charge is 2.15. The first-order chi connectivity index (χ1) is 9.62. The molecule has 0 aromatic heterocycles. The predicted molar refractivity (Wildman–Crippen MR) is 80.4 cm³/mol. The molecule has 4 nitrogen and oxygen atoms in total. The van der Waals surface area contributed by atoms with Gasteiger partial charge in [0.2, 0.25) is 0 Å². The smallest absolute Gasteiger partial charge is 0.184 e. The molecule has 0 fully saturated rings. The van der Waals surface area contributed by atoms with Gasteiger partial charge in [0, 0.05) is 30.8 Å². The van der Waals surface area contributed by atoms with Crippen molar-refractivity contribution in [1.82, 2.24) is 5.32 Å². The SMILES string of the molecule is CCC(C#N)Oc1c(Cl)cc(Cl)cc1CNCCOC. The van der Waals surface area contributed by atoms with Crippen LogP contribution in [0.3, 0.4) is 0 Å². The quantitative estimate of drug-likeness (QED) is 0.747. The highest BCUT2D eigenvalue weighted by atomic mass is 35.5. The van der Waals surface area contributed by atoms with Gasteiger partial charge < -0.3 is 14.8 Å². The minimum atomic E-state index is -0.522. The zero-order chi connectivity index (χ0) is 15.0. The lowest BCUT2D eigenvalue weighted by Crippen LogP contribution is -2.20. The minimum absolute atomic E-state index is 0.412. The topological polar surface area (TPSA) is 54.3 Å². The molecular formula is C14H18Cl2N2O2. The van der Waals surface area contributed by atoms with E-state index in [0.29, 0.717) is 41.9 Å². The average molecular weight is 317 g/mol. The number of hydrogen-bond acceptors (Lipinski definition) is 4. The van der Waals surface area contributed by atoms with E-state index in [-0.39, 0.29) is 0 Å². The van der Waals surface area contributed by atoms with Gasteiger partial charge in [0.05, 0.1) is 11.6 Å². The molecule has 20 heavy (non-hydrogen) atoms. The molecule has 6 heteroatoms. The Hall–Kier alpha value is -0.990. The summed E-state index contributed by atoms with van der Waals surface area (Å²) in [5.74, 6) is 0.509.